The van der Waals surface area contributed by atoms with Gasteiger partial charge in [-0.1, -0.05) is 12.1 Å². The van der Waals surface area contributed by atoms with Gasteiger partial charge in [-0.05, 0) is 58.7 Å². The summed E-state index contributed by atoms with van der Waals surface area (Å²) >= 11 is 0. The van der Waals surface area contributed by atoms with Crippen LogP contribution in [0.4, 0.5) is 9.18 Å². The van der Waals surface area contributed by atoms with Crippen LogP contribution in [0, 0.1) is 5.82 Å². The number of ether oxygens (including phenoxy) is 1. The molecule has 0 spiro atoms. The van der Waals surface area contributed by atoms with Gasteiger partial charge in [0.05, 0.1) is 0 Å². The molecule has 4 nitrogen and oxygen atoms in total. The van der Waals surface area contributed by atoms with Crippen LogP contribution >= 0.6 is 0 Å². The Morgan fingerprint density at radius 3 is 2.43 bits per heavy atom. The van der Waals surface area contributed by atoms with E-state index in [1.54, 1.807) is 17.0 Å². The average Bonchev–Trinajstić information content (AvgIpc) is 2.44. The Labute approximate surface area is 139 Å². The highest BCUT2D eigenvalue weighted by molar-refractivity contribution is 5.68. The summed E-state index contributed by atoms with van der Waals surface area (Å²) < 4.78 is 18.3. The fourth-order valence-corrected chi connectivity index (χ4v) is 2.20. The summed E-state index contributed by atoms with van der Waals surface area (Å²) in [5, 5.41) is 3.39. The second-order valence-corrected chi connectivity index (χ2v) is 6.75. The van der Waals surface area contributed by atoms with Gasteiger partial charge in [0.15, 0.2) is 0 Å². The molecule has 0 fully saturated rings. The Morgan fingerprint density at radius 1 is 1.30 bits per heavy atom. The minimum atomic E-state index is -0.478. The van der Waals surface area contributed by atoms with Crippen LogP contribution < -0.4 is 5.32 Å². The summed E-state index contributed by atoms with van der Waals surface area (Å²) in [5.74, 6) is -0.217. The van der Waals surface area contributed by atoms with Gasteiger partial charge in [0.25, 0.3) is 0 Å². The van der Waals surface area contributed by atoms with Crippen molar-refractivity contribution in [2.45, 2.75) is 52.7 Å². The summed E-state index contributed by atoms with van der Waals surface area (Å²) in [6, 6.07) is 6.80. The van der Waals surface area contributed by atoms with E-state index in [1.807, 2.05) is 27.7 Å². The zero-order valence-electron chi connectivity index (χ0n) is 14.9. The molecule has 1 aromatic carbocycles. The highest BCUT2D eigenvalue weighted by Gasteiger charge is 2.20. The van der Waals surface area contributed by atoms with Gasteiger partial charge in [0.1, 0.15) is 11.4 Å². The molecule has 23 heavy (non-hydrogen) atoms. The van der Waals surface area contributed by atoms with Crippen molar-refractivity contribution < 1.29 is 13.9 Å². The number of carbonyl (C=O) groups excluding carboxylic acids is 1. The molecule has 130 valence electrons. The lowest BCUT2D eigenvalue weighted by Gasteiger charge is -2.27. The lowest BCUT2D eigenvalue weighted by Crippen LogP contribution is -2.42. The maximum Gasteiger partial charge on any atom is 0.410 e. The Bertz CT molecular complexity index is 483. The first kappa shape index (κ1) is 19.4. The van der Waals surface area contributed by atoms with Crippen molar-refractivity contribution in [1.82, 2.24) is 10.2 Å². The van der Waals surface area contributed by atoms with Gasteiger partial charge in [0, 0.05) is 25.7 Å². The average molecular weight is 324 g/mol. The van der Waals surface area contributed by atoms with Gasteiger partial charge in [-0.3, -0.25) is 0 Å². The number of hydrogen-bond acceptors (Lipinski definition) is 3. The van der Waals surface area contributed by atoms with Crippen LogP contribution in [-0.2, 0) is 11.2 Å². The lowest BCUT2D eigenvalue weighted by atomic mass is 10.1. The predicted octanol–water partition coefficient (Wildman–Crippen LogP) is 3.60. The molecule has 0 aromatic heterocycles. The largest absolute Gasteiger partial charge is 0.444 e. The topological polar surface area (TPSA) is 41.6 Å². The molecule has 0 aliphatic heterocycles. The van der Waals surface area contributed by atoms with E-state index in [9.17, 15) is 9.18 Å². The van der Waals surface area contributed by atoms with Crippen molar-refractivity contribution in [3.05, 3.63) is 35.6 Å². The number of nitrogens with zero attached hydrogens (tertiary/aromatic N) is 1. The van der Waals surface area contributed by atoms with Crippen molar-refractivity contribution in [3.8, 4) is 0 Å². The van der Waals surface area contributed by atoms with Gasteiger partial charge in [0.2, 0.25) is 0 Å². The lowest BCUT2D eigenvalue weighted by molar-refractivity contribution is 0.0261. The highest BCUT2D eigenvalue weighted by atomic mass is 19.1. The van der Waals surface area contributed by atoms with E-state index in [0.29, 0.717) is 19.6 Å². The quantitative estimate of drug-likeness (QED) is 0.833. The fraction of sp³-hybridized carbons (Fsp3) is 0.611. The molecule has 1 N–H and O–H groups in total. The maximum atomic E-state index is 12.9. The van der Waals surface area contributed by atoms with Gasteiger partial charge in [-0.25, -0.2) is 9.18 Å². The number of likely N-dealkylation sites (N-methyl/N-ethyl adjacent to an activating group) is 1. The van der Waals surface area contributed by atoms with Crippen molar-refractivity contribution in [3.63, 3.8) is 0 Å². The van der Waals surface area contributed by atoms with E-state index in [4.69, 9.17) is 4.74 Å². The third kappa shape index (κ3) is 7.98. The third-order valence-electron chi connectivity index (χ3n) is 3.36. The number of halogens is 1. The molecule has 0 aliphatic carbocycles. The van der Waals surface area contributed by atoms with E-state index in [2.05, 4.69) is 12.2 Å². The van der Waals surface area contributed by atoms with Gasteiger partial charge < -0.3 is 15.0 Å². The number of carbonyl (C=O) groups is 1. The molecule has 1 aromatic rings. The fourth-order valence-electron chi connectivity index (χ4n) is 2.20. The molecular weight excluding hydrogens is 295 g/mol. The van der Waals surface area contributed by atoms with Gasteiger partial charge >= 0.3 is 6.09 Å². The monoisotopic (exact) mass is 324 g/mol. The molecule has 0 heterocycles. The standard InChI is InChI=1S/C18H29FN2O2/c1-6-21(17(22)23-18(3,4)5)12-11-20-14(2)13-15-7-9-16(19)10-8-15/h7-10,14,20H,6,11-13H2,1-5H3. The normalized spacial score (nSPS) is 12.8. The van der Waals surface area contributed by atoms with E-state index >= 15 is 0 Å². The number of benzene rings is 1. The number of rotatable bonds is 7. The SMILES string of the molecule is CCN(CCNC(C)Cc1ccc(F)cc1)C(=O)OC(C)(C)C. The Hall–Kier alpha value is -1.62. The third-order valence-corrected chi connectivity index (χ3v) is 3.36. The first-order chi connectivity index (χ1) is 10.7. The summed E-state index contributed by atoms with van der Waals surface area (Å²) in [6.07, 6.45) is 0.534. The zero-order chi connectivity index (χ0) is 17.5. The molecule has 1 unspecified atom stereocenters. The molecule has 0 bridgehead atoms. The molecule has 0 radical (unpaired) electrons. The van der Waals surface area contributed by atoms with Crippen molar-refractivity contribution >= 4 is 6.09 Å². The first-order valence-electron chi connectivity index (χ1n) is 8.17. The number of hydrogen-bond donors (Lipinski definition) is 1. The Kier molecular flexibility index (Phi) is 7.49. The van der Waals surface area contributed by atoms with Crippen LogP contribution in [0.3, 0.4) is 0 Å². The molecular formula is C18H29FN2O2. The van der Waals surface area contributed by atoms with Gasteiger partial charge in [-0.15, -0.1) is 0 Å². The first-order valence-corrected chi connectivity index (χ1v) is 8.17. The second-order valence-electron chi connectivity index (χ2n) is 6.75. The predicted molar refractivity (Wildman–Crippen MR) is 91.0 cm³/mol. The van der Waals surface area contributed by atoms with Crippen LogP contribution in [0.5, 0.6) is 0 Å². The van der Waals surface area contributed by atoms with Gasteiger partial charge in [-0.2, -0.15) is 0 Å². The summed E-state index contributed by atoms with van der Waals surface area (Å²) in [7, 11) is 0. The number of nitrogens with one attached hydrogen (secondary N) is 1. The molecule has 0 saturated heterocycles. The van der Waals surface area contributed by atoms with Crippen molar-refractivity contribution in [2.24, 2.45) is 0 Å². The van der Waals surface area contributed by atoms with E-state index < -0.39 is 5.60 Å². The second kappa shape index (κ2) is 8.87. The van der Waals surface area contributed by atoms with Crippen molar-refractivity contribution in [2.75, 3.05) is 19.6 Å². The molecule has 1 amide bonds. The van der Waals surface area contributed by atoms with Crippen LogP contribution in [-0.4, -0.2) is 42.3 Å². The van der Waals surface area contributed by atoms with E-state index in [0.717, 1.165) is 12.0 Å². The molecule has 0 saturated carbocycles. The van der Waals surface area contributed by atoms with Crippen LogP contribution in [0.2, 0.25) is 0 Å². The zero-order valence-corrected chi connectivity index (χ0v) is 14.9. The minimum absolute atomic E-state index is 0.217. The Balaban J connectivity index is 2.35. The number of amides is 1. The van der Waals surface area contributed by atoms with Crippen molar-refractivity contribution in [1.29, 1.82) is 0 Å². The smallest absolute Gasteiger partial charge is 0.410 e. The Morgan fingerprint density at radius 2 is 1.91 bits per heavy atom. The molecule has 1 rings (SSSR count). The summed E-state index contributed by atoms with van der Waals surface area (Å²) in [6.45, 7) is 11.5. The molecule has 0 aliphatic rings. The molecule has 5 heteroatoms. The maximum absolute atomic E-state index is 12.9. The van der Waals surface area contributed by atoms with Crippen LogP contribution in [0.25, 0.3) is 0 Å². The minimum Gasteiger partial charge on any atom is -0.444 e. The summed E-state index contributed by atoms with van der Waals surface area (Å²) in [4.78, 5) is 13.7. The van der Waals surface area contributed by atoms with E-state index in [-0.39, 0.29) is 18.0 Å². The highest BCUT2D eigenvalue weighted by Crippen LogP contribution is 2.10. The molecule has 1 atom stereocenters. The summed E-state index contributed by atoms with van der Waals surface area (Å²) in [5.41, 5.74) is 0.610. The van der Waals surface area contributed by atoms with Crippen LogP contribution in [0.15, 0.2) is 24.3 Å². The van der Waals surface area contributed by atoms with Crippen LogP contribution in [0.1, 0.15) is 40.2 Å². The van der Waals surface area contributed by atoms with E-state index in [1.165, 1.54) is 12.1 Å².